The normalized spacial score (nSPS) is 11.1. The summed E-state index contributed by atoms with van der Waals surface area (Å²) in [5.41, 5.74) is 1.66. The van der Waals surface area contributed by atoms with E-state index < -0.39 is 0 Å². The van der Waals surface area contributed by atoms with Gasteiger partial charge >= 0.3 is 0 Å². The summed E-state index contributed by atoms with van der Waals surface area (Å²) in [6.45, 7) is 0. The number of hydrogen-bond donors (Lipinski definition) is 0. The van der Waals surface area contributed by atoms with Gasteiger partial charge in [-0.05, 0) is 34.1 Å². The number of halogens is 3. The van der Waals surface area contributed by atoms with Gasteiger partial charge in [-0.15, -0.1) is 11.6 Å². The number of pyridine rings is 1. The van der Waals surface area contributed by atoms with Crippen molar-refractivity contribution in [2.24, 2.45) is 0 Å². The molecule has 0 aliphatic rings. The molecule has 19 heavy (non-hydrogen) atoms. The van der Waals surface area contributed by atoms with Crippen molar-refractivity contribution in [3.8, 4) is 5.69 Å². The van der Waals surface area contributed by atoms with E-state index in [1.54, 1.807) is 29.0 Å². The first-order chi connectivity index (χ1) is 9.20. The maximum atomic E-state index is 13.9. The molecule has 0 N–H and O–H groups in total. The Morgan fingerprint density at radius 2 is 2.11 bits per heavy atom. The van der Waals surface area contributed by atoms with Crippen molar-refractivity contribution in [3.05, 3.63) is 52.6 Å². The summed E-state index contributed by atoms with van der Waals surface area (Å²) >= 11 is 9.24. The number of benzene rings is 1. The maximum Gasteiger partial charge on any atom is 0.164 e. The van der Waals surface area contributed by atoms with E-state index in [0.717, 1.165) is 4.47 Å². The van der Waals surface area contributed by atoms with E-state index >= 15 is 0 Å². The molecule has 2 aromatic heterocycles. The zero-order valence-corrected chi connectivity index (χ0v) is 12.0. The molecule has 0 bridgehead atoms. The number of alkyl halides is 1. The molecule has 0 aliphatic heterocycles. The highest BCUT2D eigenvalue weighted by molar-refractivity contribution is 9.10. The number of fused-ring (bicyclic) bond motifs is 1. The standard InChI is InChI=1S/C13H8BrClFN3/c14-8-5-10-13(17-7-8)19(12(6-15)18-10)11-4-2-1-3-9(11)16/h1-5,7H,6H2. The van der Waals surface area contributed by atoms with Gasteiger partial charge < -0.3 is 0 Å². The van der Waals surface area contributed by atoms with Crippen molar-refractivity contribution in [2.45, 2.75) is 5.88 Å². The number of rotatable bonds is 2. The smallest absolute Gasteiger partial charge is 0.164 e. The van der Waals surface area contributed by atoms with E-state index in [1.165, 1.54) is 6.07 Å². The van der Waals surface area contributed by atoms with Gasteiger partial charge in [-0.25, -0.2) is 14.4 Å². The van der Waals surface area contributed by atoms with E-state index in [1.807, 2.05) is 6.07 Å². The molecule has 6 heteroatoms. The summed E-state index contributed by atoms with van der Waals surface area (Å²) in [6, 6.07) is 8.31. The minimum Gasteiger partial charge on any atom is -0.277 e. The van der Waals surface area contributed by atoms with Gasteiger partial charge in [0.15, 0.2) is 5.65 Å². The highest BCUT2D eigenvalue weighted by atomic mass is 79.9. The lowest BCUT2D eigenvalue weighted by Crippen LogP contribution is -2.02. The van der Waals surface area contributed by atoms with Gasteiger partial charge in [-0.2, -0.15) is 0 Å². The lowest BCUT2D eigenvalue weighted by Gasteiger charge is -2.07. The van der Waals surface area contributed by atoms with Gasteiger partial charge in [-0.3, -0.25) is 4.57 Å². The third-order valence-electron chi connectivity index (χ3n) is 2.75. The molecular formula is C13H8BrClFN3. The molecule has 1 aromatic carbocycles. The zero-order chi connectivity index (χ0) is 13.4. The van der Waals surface area contributed by atoms with Crippen LogP contribution in [0.5, 0.6) is 0 Å². The number of para-hydroxylation sites is 1. The second kappa shape index (κ2) is 4.90. The average molecular weight is 341 g/mol. The predicted molar refractivity (Wildman–Crippen MR) is 76.1 cm³/mol. The minimum absolute atomic E-state index is 0.183. The molecule has 3 aromatic rings. The SMILES string of the molecule is Fc1ccccc1-n1c(CCl)nc2cc(Br)cnc21. The molecule has 0 aliphatic carbocycles. The number of imidazole rings is 1. The van der Waals surface area contributed by atoms with Crippen LogP contribution in [0.25, 0.3) is 16.9 Å². The van der Waals surface area contributed by atoms with Gasteiger partial charge in [0.1, 0.15) is 17.2 Å². The molecular weight excluding hydrogens is 333 g/mol. The van der Waals surface area contributed by atoms with Crippen molar-refractivity contribution in [2.75, 3.05) is 0 Å². The highest BCUT2D eigenvalue weighted by Gasteiger charge is 2.15. The molecule has 0 spiro atoms. The zero-order valence-electron chi connectivity index (χ0n) is 9.65. The second-order valence-corrected chi connectivity index (χ2v) is 5.13. The van der Waals surface area contributed by atoms with Crippen molar-refractivity contribution < 1.29 is 4.39 Å². The third-order valence-corrected chi connectivity index (χ3v) is 3.42. The predicted octanol–water partition coefficient (Wildman–Crippen LogP) is 4.06. The van der Waals surface area contributed by atoms with Crippen LogP contribution >= 0.6 is 27.5 Å². The molecule has 96 valence electrons. The van der Waals surface area contributed by atoms with Gasteiger partial charge in [0, 0.05) is 10.7 Å². The quantitative estimate of drug-likeness (QED) is 0.659. The second-order valence-electron chi connectivity index (χ2n) is 3.94. The van der Waals surface area contributed by atoms with Crippen LogP contribution in [0.1, 0.15) is 5.82 Å². The van der Waals surface area contributed by atoms with Crippen LogP contribution in [0.3, 0.4) is 0 Å². The summed E-state index contributed by atoms with van der Waals surface area (Å²) in [6.07, 6.45) is 1.65. The first kappa shape index (κ1) is 12.6. The van der Waals surface area contributed by atoms with Gasteiger partial charge in [0.05, 0.1) is 11.6 Å². The molecule has 0 saturated carbocycles. The average Bonchev–Trinajstić information content (AvgIpc) is 2.76. The lowest BCUT2D eigenvalue weighted by atomic mass is 10.3. The highest BCUT2D eigenvalue weighted by Crippen LogP contribution is 2.24. The molecule has 3 rings (SSSR count). The molecule has 2 heterocycles. The first-order valence-electron chi connectivity index (χ1n) is 5.54. The van der Waals surface area contributed by atoms with Gasteiger partial charge in [0.25, 0.3) is 0 Å². The Bertz CT molecular complexity index is 757. The van der Waals surface area contributed by atoms with Crippen molar-refractivity contribution >= 4 is 38.7 Å². The Hall–Kier alpha value is -1.46. The number of hydrogen-bond acceptors (Lipinski definition) is 2. The Morgan fingerprint density at radius 3 is 2.84 bits per heavy atom. The van der Waals surface area contributed by atoms with E-state index in [2.05, 4.69) is 25.9 Å². The lowest BCUT2D eigenvalue weighted by molar-refractivity contribution is 0.617. The summed E-state index contributed by atoms with van der Waals surface area (Å²) in [5.74, 6) is 0.410. The summed E-state index contributed by atoms with van der Waals surface area (Å²) in [5, 5.41) is 0. The van der Waals surface area contributed by atoms with Crippen molar-refractivity contribution in [1.82, 2.24) is 14.5 Å². The maximum absolute atomic E-state index is 13.9. The Kier molecular flexibility index (Phi) is 3.24. The monoisotopic (exact) mass is 339 g/mol. The molecule has 0 radical (unpaired) electrons. The Balaban J connectivity index is 2.36. The molecule has 3 nitrogen and oxygen atoms in total. The van der Waals surface area contributed by atoms with Crippen LogP contribution in [0.15, 0.2) is 41.0 Å². The number of aromatic nitrogens is 3. The van der Waals surface area contributed by atoms with Gasteiger partial charge in [0.2, 0.25) is 0 Å². The molecule has 0 atom stereocenters. The van der Waals surface area contributed by atoms with Crippen LogP contribution in [0.2, 0.25) is 0 Å². The van der Waals surface area contributed by atoms with Crippen LogP contribution in [0.4, 0.5) is 4.39 Å². The molecule has 0 amide bonds. The Morgan fingerprint density at radius 1 is 1.32 bits per heavy atom. The molecule has 0 unspecified atom stereocenters. The molecule has 0 fully saturated rings. The summed E-state index contributed by atoms with van der Waals surface area (Å²) < 4.78 is 16.4. The summed E-state index contributed by atoms with van der Waals surface area (Å²) in [7, 11) is 0. The largest absolute Gasteiger partial charge is 0.277 e. The fraction of sp³-hybridized carbons (Fsp3) is 0.0769. The topological polar surface area (TPSA) is 30.7 Å². The van der Waals surface area contributed by atoms with E-state index in [9.17, 15) is 4.39 Å². The summed E-state index contributed by atoms with van der Waals surface area (Å²) in [4.78, 5) is 8.68. The van der Waals surface area contributed by atoms with Crippen LogP contribution in [-0.4, -0.2) is 14.5 Å². The van der Waals surface area contributed by atoms with Gasteiger partial charge in [-0.1, -0.05) is 12.1 Å². The fourth-order valence-corrected chi connectivity index (χ4v) is 2.46. The molecule has 0 saturated heterocycles. The fourth-order valence-electron chi connectivity index (χ4n) is 1.96. The van der Waals surface area contributed by atoms with E-state index in [0.29, 0.717) is 22.7 Å². The third kappa shape index (κ3) is 2.13. The first-order valence-corrected chi connectivity index (χ1v) is 6.87. The van der Waals surface area contributed by atoms with E-state index in [-0.39, 0.29) is 11.7 Å². The van der Waals surface area contributed by atoms with Crippen molar-refractivity contribution in [3.63, 3.8) is 0 Å². The van der Waals surface area contributed by atoms with Crippen LogP contribution in [0, 0.1) is 5.82 Å². The van der Waals surface area contributed by atoms with Crippen molar-refractivity contribution in [1.29, 1.82) is 0 Å². The van der Waals surface area contributed by atoms with Crippen LogP contribution < -0.4 is 0 Å². The Labute approximate surface area is 122 Å². The number of nitrogens with zero attached hydrogens (tertiary/aromatic N) is 3. The minimum atomic E-state index is -0.335. The van der Waals surface area contributed by atoms with E-state index in [4.69, 9.17) is 11.6 Å². The van der Waals surface area contributed by atoms with Crippen LogP contribution in [-0.2, 0) is 5.88 Å².